The lowest BCUT2D eigenvalue weighted by Gasteiger charge is -2.30. The highest BCUT2D eigenvalue weighted by atomic mass is 32.1. The molecule has 132 valence electrons. The first-order valence-corrected chi connectivity index (χ1v) is 8.75. The molecule has 1 aliphatic heterocycles. The largest absolute Gasteiger partial charge is 0.496 e. The number of nitrogens with one attached hydrogen (secondary N) is 1. The highest BCUT2D eigenvalue weighted by Gasteiger charge is 2.30. The molecule has 1 fully saturated rings. The summed E-state index contributed by atoms with van der Waals surface area (Å²) < 4.78 is 5.45. The second kappa shape index (κ2) is 7.23. The molecule has 1 saturated heterocycles. The van der Waals surface area contributed by atoms with Crippen molar-refractivity contribution in [3.8, 4) is 5.75 Å². The normalized spacial score (nSPS) is 14.2. The third-order valence-corrected chi connectivity index (χ3v) is 4.36. The van der Waals surface area contributed by atoms with E-state index in [0.29, 0.717) is 23.1 Å². The lowest BCUT2D eigenvalue weighted by molar-refractivity contribution is 0.0484. The first-order chi connectivity index (χ1) is 12.0. The van der Waals surface area contributed by atoms with Crippen LogP contribution in [0.2, 0.25) is 0 Å². The number of hydrazine groups is 1. The molecule has 0 aliphatic carbocycles. The van der Waals surface area contributed by atoms with Gasteiger partial charge < -0.3 is 10.1 Å². The van der Waals surface area contributed by atoms with Crippen molar-refractivity contribution in [3.63, 3.8) is 0 Å². The maximum absolute atomic E-state index is 13.0. The Morgan fingerprint density at radius 3 is 2.72 bits per heavy atom. The molecule has 6 nitrogen and oxygen atoms in total. The summed E-state index contributed by atoms with van der Waals surface area (Å²) in [5, 5.41) is 8.12. The molecule has 0 unspecified atom stereocenters. The van der Waals surface area contributed by atoms with Gasteiger partial charge in [0.05, 0.1) is 12.6 Å². The number of nitrogens with zero attached hydrogens (tertiary/aromatic N) is 3. The standard InChI is InChI=1S/C18H22N4O2S/c1-12(2)19-18(25)22-10-6-9-21(22)17(23)15-11-16(24-3)13-7-4-5-8-14(13)20-15/h4-5,7-8,11-12H,6,9-10H2,1-3H3,(H,19,25). The Hall–Kier alpha value is -2.41. The Morgan fingerprint density at radius 1 is 1.28 bits per heavy atom. The van der Waals surface area contributed by atoms with Gasteiger partial charge in [0, 0.05) is 30.6 Å². The van der Waals surface area contributed by atoms with Crippen molar-refractivity contribution in [1.29, 1.82) is 0 Å². The van der Waals surface area contributed by atoms with Crippen LogP contribution in [0.1, 0.15) is 30.8 Å². The fourth-order valence-electron chi connectivity index (χ4n) is 2.91. The Morgan fingerprint density at radius 2 is 2.00 bits per heavy atom. The van der Waals surface area contributed by atoms with Crippen molar-refractivity contribution in [1.82, 2.24) is 20.3 Å². The van der Waals surface area contributed by atoms with E-state index >= 15 is 0 Å². The molecule has 0 bridgehead atoms. The van der Waals surface area contributed by atoms with Gasteiger partial charge in [-0.15, -0.1) is 0 Å². The summed E-state index contributed by atoms with van der Waals surface area (Å²) >= 11 is 5.44. The lowest BCUT2D eigenvalue weighted by atomic mass is 10.1. The summed E-state index contributed by atoms with van der Waals surface area (Å²) in [4.78, 5) is 17.6. The third-order valence-electron chi connectivity index (χ3n) is 4.03. The fraction of sp³-hybridized carbons (Fsp3) is 0.389. The third kappa shape index (κ3) is 3.51. The van der Waals surface area contributed by atoms with Gasteiger partial charge >= 0.3 is 0 Å². The van der Waals surface area contributed by atoms with E-state index < -0.39 is 0 Å². The number of thiocarbonyl (C=S) groups is 1. The average Bonchev–Trinajstić information content (AvgIpc) is 3.09. The van der Waals surface area contributed by atoms with Crippen molar-refractivity contribution in [2.45, 2.75) is 26.3 Å². The van der Waals surface area contributed by atoms with Crippen molar-refractivity contribution in [3.05, 3.63) is 36.0 Å². The first-order valence-electron chi connectivity index (χ1n) is 8.35. The zero-order valence-corrected chi connectivity index (χ0v) is 15.5. The van der Waals surface area contributed by atoms with Crippen molar-refractivity contribution < 1.29 is 9.53 Å². The highest BCUT2D eigenvalue weighted by Crippen LogP contribution is 2.26. The first kappa shape index (κ1) is 17.4. The molecular formula is C18H22N4O2S. The quantitative estimate of drug-likeness (QED) is 0.851. The number of hydrogen-bond acceptors (Lipinski definition) is 4. The highest BCUT2D eigenvalue weighted by molar-refractivity contribution is 7.80. The number of amides is 1. The van der Waals surface area contributed by atoms with E-state index in [2.05, 4.69) is 10.3 Å². The zero-order valence-electron chi connectivity index (χ0n) is 14.7. The molecule has 0 spiro atoms. The molecule has 2 heterocycles. The van der Waals surface area contributed by atoms with Crippen LogP contribution in [0, 0.1) is 0 Å². The van der Waals surface area contributed by atoms with Crippen LogP contribution >= 0.6 is 12.2 Å². The summed E-state index contributed by atoms with van der Waals surface area (Å²) in [5.74, 6) is 0.469. The van der Waals surface area contributed by atoms with Crippen LogP contribution in [0.5, 0.6) is 5.75 Å². The molecular weight excluding hydrogens is 336 g/mol. The molecule has 0 saturated carbocycles. The number of para-hydroxylation sites is 1. The van der Waals surface area contributed by atoms with Gasteiger partial charge in [-0.2, -0.15) is 0 Å². The summed E-state index contributed by atoms with van der Waals surface area (Å²) in [6, 6.07) is 9.53. The van der Waals surface area contributed by atoms with Gasteiger partial charge in [0.2, 0.25) is 0 Å². The van der Waals surface area contributed by atoms with Crippen LogP contribution in [-0.2, 0) is 0 Å². The van der Waals surface area contributed by atoms with Gasteiger partial charge in [-0.25, -0.2) is 9.99 Å². The molecule has 25 heavy (non-hydrogen) atoms. The number of ether oxygens (including phenoxy) is 1. The van der Waals surface area contributed by atoms with E-state index in [9.17, 15) is 4.79 Å². The van der Waals surface area contributed by atoms with Crippen molar-refractivity contribution >= 4 is 34.1 Å². The topological polar surface area (TPSA) is 57.7 Å². The Balaban J connectivity index is 1.92. The van der Waals surface area contributed by atoms with Crippen LogP contribution in [0.15, 0.2) is 30.3 Å². The van der Waals surface area contributed by atoms with Gasteiger partial charge in [0.25, 0.3) is 5.91 Å². The molecule has 7 heteroatoms. The molecule has 1 aromatic carbocycles. The lowest BCUT2D eigenvalue weighted by Crippen LogP contribution is -2.50. The van der Waals surface area contributed by atoms with E-state index in [1.54, 1.807) is 18.2 Å². The maximum atomic E-state index is 13.0. The monoisotopic (exact) mass is 358 g/mol. The molecule has 1 aliphatic rings. The van der Waals surface area contributed by atoms with Crippen LogP contribution in [0.3, 0.4) is 0 Å². The maximum Gasteiger partial charge on any atom is 0.291 e. The average molecular weight is 358 g/mol. The number of benzene rings is 1. The fourth-order valence-corrected chi connectivity index (χ4v) is 3.34. The molecule has 0 atom stereocenters. The summed E-state index contributed by atoms with van der Waals surface area (Å²) in [7, 11) is 1.60. The van der Waals surface area contributed by atoms with Crippen LogP contribution in [0.4, 0.5) is 0 Å². The van der Waals surface area contributed by atoms with E-state index in [1.807, 2.05) is 43.1 Å². The van der Waals surface area contributed by atoms with E-state index in [0.717, 1.165) is 23.9 Å². The van der Waals surface area contributed by atoms with E-state index in [1.165, 1.54) is 0 Å². The molecule has 1 aromatic heterocycles. The smallest absolute Gasteiger partial charge is 0.291 e. The number of methoxy groups -OCH3 is 1. The van der Waals surface area contributed by atoms with Crippen LogP contribution in [-0.4, -0.2) is 52.3 Å². The number of aromatic nitrogens is 1. The van der Waals surface area contributed by atoms with E-state index in [-0.39, 0.29) is 11.9 Å². The van der Waals surface area contributed by atoms with Gasteiger partial charge in [-0.1, -0.05) is 12.1 Å². The Labute approximate surface area is 152 Å². The van der Waals surface area contributed by atoms with Gasteiger partial charge in [-0.05, 0) is 44.6 Å². The predicted molar refractivity (Wildman–Crippen MR) is 102 cm³/mol. The van der Waals surface area contributed by atoms with Crippen molar-refractivity contribution in [2.24, 2.45) is 0 Å². The SMILES string of the molecule is COc1cc(C(=O)N2CCCN2C(=S)NC(C)C)nc2ccccc12. The number of rotatable bonds is 3. The number of pyridine rings is 1. The second-order valence-corrected chi connectivity index (χ2v) is 6.62. The number of hydrogen-bond donors (Lipinski definition) is 1. The summed E-state index contributed by atoms with van der Waals surface area (Å²) in [6.07, 6.45) is 0.871. The van der Waals surface area contributed by atoms with Gasteiger partial charge in [0.15, 0.2) is 5.11 Å². The molecule has 3 rings (SSSR count). The number of carbonyl (C=O) groups excluding carboxylic acids is 1. The number of carbonyl (C=O) groups is 1. The molecule has 1 amide bonds. The minimum absolute atomic E-state index is 0.172. The number of fused-ring (bicyclic) bond motifs is 1. The van der Waals surface area contributed by atoms with Gasteiger partial charge in [-0.3, -0.25) is 9.80 Å². The van der Waals surface area contributed by atoms with E-state index in [4.69, 9.17) is 17.0 Å². The Kier molecular flexibility index (Phi) is 5.03. The predicted octanol–water partition coefficient (Wildman–Crippen LogP) is 2.59. The van der Waals surface area contributed by atoms with Crippen LogP contribution in [0.25, 0.3) is 10.9 Å². The minimum Gasteiger partial charge on any atom is -0.496 e. The second-order valence-electron chi connectivity index (χ2n) is 6.24. The summed E-state index contributed by atoms with van der Waals surface area (Å²) in [5.41, 5.74) is 1.09. The zero-order chi connectivity index (χ0) is 18.0. The molecule has 2 aromatic rings. The van der Waals surface area contributed by atoms with Gasteiger partial charge in [0.1, 0.15) is 11.4 Å². The molecule has 1 N–H and O–H groups in total. The molecule has 0 radical (unpaired) electrons. The van der Waals surface area contributed by atoms with Crippen molar-refractivity contribution in [2.75, 3.05) is 20.2 Å². The Bertz CT molecular complexity index is 809. The van der Waals surface area contributed by atoms with Crippen LogP contribution < -0.4 is 10.1 Å². The summed E-state index contributed by atoms with van der Waals surface area (Å²) in [6.45, 7) is 5.37. The minimum atomic E-state index is -0.172.